The third-order valence-corrected chi connectivity index (χ3v) is 6.59. The number of para-hydroxylation sites is 1. The van der Waals surface area contributed by atoms with Gasteiger partial charge in [0, 0.05) is 23.5 Å². The number of ether oxygens (including phenoxy) is 1. The minimum Gasteiger partial charge on any atom is -0.496 e. The standard InChI is InChI=1S/C27H35N3O2/c1-3-16-30(22-13-14-23-20(18-22)10-8-12-26(23)32-2)17-7-6-15-28-27(31)25-19-21-9-4-5-11-24(21)29-25/h4-5,8-12,19,22,29H,3,6-7,13-18H2,1-2H3,(H,28,31). The summed E-state index contributed by atoms with van der Waals surface area (Å²) in [4.78, 5) is 18.3. The normalized spacial score (nSPS) is 15.7. The Balaban J connectivity index is 1.25. The third kappa shape index (κ3) is 5.16. The van der Waals surface area contributed by atoms with Crippen LogP contribution in [0.15, 0.2) is 48.5 Å². The smallest absolute Gasteiger partial charge is 0.267 e. The highest BCUT2D eigenvalue weighted by Gasteiger charge is 2.25. The number of rotatable bonds is 10. The molecule has 5 heteroatoms. The molecule has 0 fully saturated rings. The number of aromatic nitrogens is 1. The molecule has 32 heavy (non-hydrogen) atoms. The summed E-state index contributed by atoms with van der Waals surface area (Å²) in [7, 11) is 1.77. The first-order chi connectivity index (χ1) is 15.7. The summed E-state index contributed by atoms with van der Waals surface area (Å²) in [5.74, 6) is 1.01. The molecule has 0 saturated heterocycles. The maximum atomic E-state index is 12.5. The Hall–Kier alpha value is -2.79. The van der Waals surface area contributed by atoms with E-state index in [2.05, 4.69) is 40.3 Å². The van der Waals surface area contributed by atoms with E-state index in [1.54, 1.807) is 7.11 Å². The topological polar surface area (TPSA) is 57.4 Å². The Kier molecular flexibility index (Phi) is 7.48. The second-order valence-electron chi connectivity index (χ2n) is 8.76. The van der Waals surface area contributed by atoms with E-state index in [1.165, 1.54) is 24.0 Å². The Morgan fingerprint density at radius 3 is 2.84 bits per heavy atom. The van der Waals surface area contributed by atoms with E-state index in [0.717, 1.165) is 55.4 Å². The zero-order valence-electron chi connectivity index (χ0n) is 19.3. The largest absolute Gasteiger partial charge is 0.496 e. The van der Waals surface area contributed by atoms with Crippen molar-refractivity contribution in [1.82, 2.24) is 15.2 Å². The van der Waals surface area contributed by atoms with E-state index in [-0.39, 0.29) is 5.91 Å². The molecule has 1 amide bonds. The van der Waals surface area contributed by atoms with Gasteiger partial charge in [0.05, 0.1) is 7.11 Å². The first-order valence-corrected chi connectivity index (χ1v) is 11.9. The van der Waals surface area contributed by atoms with Gasteiger partial charge in [0.2, 0.25) is 0 Å². The van der Waals surface area contributed by atoms with E-state index in [1.807, 2.05) is 30.3 Å². The van der Waals surface area contributed by atoms with Gasteiger partial charge in [0.15, 0.2) is 0 Å². The molecule has 4 rings (SSSR count). The van der Waals surface area contributed by atoms with Gasteiger partial charge in [-0.05, 0) is 80.9 Å². The molecule has 0 spiro atoms. The lowest BCUT2D eigenvalue weighted by Gasteiger charge is -2.35. The van der Waals surface area contributed by atoms with Gasteiger partial charge >= 0.3 is 0 Å². The maximum Gasteiger partial charge on any atom is 0.267 e. The molecule has 0 radical (unpaired) electrons. The summed E-state index contributed by atoms with van der Waals surface area (Å²) in [5.41, 5.74) is 4.46. The highest BCUT2D eigenvalue weighted by Crippen LogP contribution is 2.31. The fourth-order valence-corrected chi connectivity index (χ4v) is 4.95. The predicted molar refractivity (Wildman–Crippen MR) is 131 cm³/mol. The van der Waals surface area contributed by atoms with Crippen molar-refractivity contribution in [3.05, 3.63) is 65.4 Å². The van der Waals surface area contributed by atoms with Crippen molar-refractivity contribution in [3.63, 3.8) is 0 Å². The summed E-state index contributed by atoms with van der Waals surface area (Å²) in [6.45, 7) is 5.18. The van der Waals surface area contributed by atoms with Crippen LogP contribution in [-0.2, 0) is 12.8 Å². The van der Waals surface area contributed by atoms with E-state index in [4.69, 9.17) is 4.74 Å². The number of hydrogen-bond acceptors (Lipinski definition) is 3. The van der Waals surface area contributed by atoms with Gasteiger partial charge in [-0.1, -0.05) is 37.3 Å². The van der Waals surface area contributed by atoms with Gasteiger partial charge in [-0.25, -0.2) is 0 Å². The molecule has 0 aliphatic heterocycles. The number of nitrogens with zero attached hydrogens (tertiary/aromatic N) is 1. The van der Waals surface area contributed by atoms with Crippen LogP contribution in [0.25, 0.3) is 10.9 Å². The molecule has 1 aliphatic carbocycles. The Bertz CT molecular complexity index is 1010. The average molecular weight is 434 g/mol. The Labute approximate surface area is 191 Å². The average Bonchev–Trinajstić information content (AvgIpc) is 3.27. The van der Waals surface area contributed by atoms with Crippen LogP contribution < -0.4 is 10.1 Å². The Morgan fingerprint density at radius 1 is 1.16 bits per heavy atom. The molecule has 2 aromatic carbocycles. The number of nitrogens with one attached hydrogen (secondary N) is 2. The fourth-order valence-electron chi connectivity index (χ4n) is 4.95. The van der Waals surface area contributed by atoms with Crippen molar-refractivity contribution >= 4 is 16.8 Å². The molecule has 5 nitrogen and oxygen atoms in total. The van der Waals surface area contributed by atoms with Crippen molar-refractivity contribution in [2.45, 2.75) is 51.5 Å². The van der Waals surface area contributed by atoms with Crippen LogP contribution in [0.1, 0.15) is 54.2 Å². The lowest BCUT2D eigenvalue weighted by molar-refractivity contribution is 0.0947. The van der Waals surface area contributed by atoms with E-state index < -0.39 is 0 Å². The second-order valence-corrected chi connectivity index (χ2v) is 8.76. The van der Waals surface area contributed by atoms with Gasteiger partial charge in [-0.15, -0.1) is 0 Å². The van der Waals surface area contributed by atoms with Crippen LogP contribution in [0.4, 0.5) is 0 Å². The molecule has 170 valence electrons. The summed E-state index contributed by atoms with van der Waals surface area (Å²) < 4.78 is 5.57. The third-order valence-electron chi connectivity index (χ3n) is 6.59. The number of H-pyrrole nitrogens is 1. The maximum absolute atomic E-state index is 12.5. The molecule has 0 bridgehead atoms. The van der Waals surface area contributed by atoms with Gasteiger partial charge in [0.1, 0.15) is 11.4 Å². The number of unbranched alkanes of at least 4 members (excludes halogenated alkanes) is 1. The zero-order valence-corrected chi connectivity index (χ0v) is 19.3. The summed E-state index contributed by atoms with van der Waals surface area (Å²) in [5, 5.41) is 4.14. The molecule has 1 aromatic heterocycles. The van der Waals surface area contributed by atoms with E-state index in [0.29, 0.717) is 18.3 Å². The van der Waals surface area contributed by atoms with E-state index in [9.17, 15) is 4.79 Å². The summed E-state index contributed by atoms with van der Waals surface area (Å²) in [6, 6.07) is 16.9. The lowest BCUT2D eigenvalue weighted by atomic mass is 9.86. The second kappa shape index (κ2) is 10.7. The number of aromatic amines is 1. The fraction of sp³-hybridized carbons (Fsp3) is 0.444. The van der Waals surface area contributed by atoms with Gasteiger partial charge in [-0.3, -0.25) is 4.79 Å². The number of benzene rings is 2. The molecule has 2 N–H and O–H groups in total. The van der Waals surface area contributed by atoms with Gasteiger partial charge in [0.25, 0.3) is 5.91 Å². The van der Waals surface area contributed by atoms with E-state index >= 15 is 0 Å². The quantitative estimate of drug-likeness (QED) is 0.445. The first kappa shape index (κ1) is 22.4. The van der Waals surface area contributed by atoms with Crippen LogP contribution in [-0.4, -0.2) is 48.6 Å². The highest BCUT2D eigenvalue weighted by atomic mass is 16.5. The van der Waals surface area contributed by atoms with Crippen molar-refractivity contribution in [1.29, 1.82) is 0 Å². The predicted octanol–water partition coefficient (Wildman–Crippen LogP) is 4.96. The van der Waals surface area contributed by atoms with Crippen LogP contribution >= 0.6 is 0 Å². The lowest BCUT2D eigenvalue weighted by Crippen LogP contribution is -2.40. The summed E-state index contributed by atoms with van der Waals surface area (Å²) in [6.07, 6.45) is 6.62. The van der Waals surface area contributed by atoms with Crippen molar-refractivity contribution in [3.8, 4) is 5.75 Å². The van der Waals surface area contributed by atoms with Crippen LogP contribution in [0, 0.1) is 0 Å². The molecule has 1 aliphatic rings. The number of carbonyl (C=O) groups is 1. The molecule has 1 heterocycles. The van der Waals surface area contributed by atoms with Crippen molar-refractivity contribution in [2.24, 2.45) is 0 Å². The molecule has 1 unspecified atom stereocenters. The molecule has 3 aromatic rings. The van der Waals surface area contributed by atoms with Gasteiger partial charge < -0.3 is 19.9 Å². The zero-order chi connectivity index (χ0) is 22.3. The highest BCUT2D eigenvalue weighted by molar-refractivity contribution is 5.97. The number of amides is 1. The number of fused-ring (bicyclic) bond motifs is 2. The molecule has 0 saturated carbocycles. The van der Waals surface area contributed by atoms with Crippen LogP contribution in [0.2, 0.25) is 0 Å². The first-order valence-electron chi connectivity index (χ1n) is 11.9. The monoisotopic (exact) mass is 433 g/mol. The number of methoxy groups -OCH3 is 1. The number of hydrogen-bond donors (Lipinski definition) is 2. The molecular formula is C27H35N3O2. The van der Waals surface area contributed by atoms with Crippen molar-refractivity contribution < 1.29 is 9.53 Å². The van der Waals surface area contributed by atoms with Crippen LogP contribution in [0.5, 0.6) is 5.75 Å². The summed E-state index contributed by atoms with van der Waals surface area (Å²) >= 11 is 0. The Morgan fingerprint density at radius 2 is 2.03 bits per heavy atom. The van der Waals surface area contributed by atoms with Crippen LogP contribution in [0.3, 0.4) is 0 Å². The molecule has 1 atom stereocenters. The minimum absolute atomic E-state index is 0.0237. The SMILES string of the molecule is CCCN(CCCCNC(=O)c1cc2ccccc2[nH]1)C1CCc2c(cccc2OC)C1. The number of carbonyl (C=O) groups excluding carboxylic acids is 1. The van der Waals surface area contributed by atoms with Crippen molar-refractivity contribution in [2.75, 3.05) is 26.7 Å². The van der Waals surface area contributed by atoms with Gasteiger partial charge in [-0.2, -0.15) is 0 Å². The molecular weight excluding hydrogens is 398 g/mol. The minimum atomic E-state index is -0.0237.